The summed E-state index contributed by atoms with van der Waals surface area (Å²) >= 11 is 0. The van der Waals surface area contributed by atoms with Crippen LogP contribution in [0.3, 0.4) is 0 Å². The molecule has 2 atom stereocenters. The highest BCUT2D eigenvalue weighted by Crippen LogP contribution is 2.36. The fourth-order valence-corrected chi connectivity index (χ4v) is 6.02. The summed E-state index contributed by atoms with van der Waals surface area (Å²) in [6, 6.07) is 24.0. The molecule has 0 aliphatic carbocycles. The third-order valence-corrected chi connectivity index (χ3v) is 8.56. The van der Waals surface area contributed by atoms with Crippen LogP contribution in [0.15, 0.2) is 78.9 Å². The Morgan fingerprint density at radius 2 is 1.56 bits per heavy atom. The van der Waals surface area contributed by atoms with Gasteiger partial charge in [0.2, 0.25) is 0 Å². The van der Waals surface area contributed by atoms with Crippen LogP contribution in [0.1, 0.15) is 30.0 Å². The van der Waals surface area contributed by atoms with E-state index in [0.717, 1.165) is 22.1 Å². The van der Waals surface area contributed by atoms with Gasteiger partial charge >= 0.3 is 5.97 Å². The zero-order valence-corrected chi connectivity index (χ0v) is 24.4. The number of methoxy groups -OCH3 is 1. The highest BCUT2D eigenvalue weighted by Gasteiger charge is 2.32. The third kappa shape index (κ3) is 7.82. The molecule has 0 saturated carbocycles. The summed E-state index contributed by atoms with van der Waals surface area (Å²) in [6.07, 6.45) is 2.06. The van der Waals surface area contributed by atoms with Gasteiger partial charge in [-0.05, 0) is 40.9 Å². The summed E-state index contributed by atoms with van der Waals surface area (Å²) < 4.78 is 30.4. The fraction of sp³-hybridized carbons (Fsp3) is 0.344. The van der Waals surface area contributed by atoms with Crippen LogP contribution in [0.2, 0.25) is 19.6 Å². The lowest BCUT2D eigenvalue weighted by atomic mass is 10.0. The normalized spacial score (nSPS) is 17.2. The van der Waals surface area contributed by atoms with Gasteiger partial charge in [0.25, 0.3) is 0 Å². The minimum absolute atomic E-state index is 0.204. The van der Waals surface area contributed by atoms with E-state index in [1.54, 1.807) is 7.11 Å². The molecule has 39 heavy (non-hydrogen) atoms. The molecule has 206 valence electrons. The summed E-state index contributed by atoms with van der Waals surface area (Å²) in [5.74, 6) is 1.48. The smallest absolute Gasteiger partial charge is 0.308 e. The van der Waals surface area contributed by atoms with Gasteiger partial charge in [-0.15, -0.1) is 0 Å². The SMILES string of the molecule is COc1cc(C2=CC[C@H](OCc3ccccc3)[C@@H](COCc3ccccc3)O2)c(OC(C)=O)cc1[Si](C)(C)C. The molecule has 0 bridgehead atoms. The third-order valence-electron chi connectivity index (χ3n) is 6.56. The molecule has 0 unspecified atom stereocenters. The van der Waals surface area contributed by atoms with E-state index in [0.29, 0.717) is 43.3 Å². The van der Waals surface area contributed by atoms with E-state index >= 15 is 0 Å². The Bertz CT molecular complexity index is 1270. The number of hydrogen-bond donors (Lipinski definition) is 0. The highest BCUT2D eigenvalue weighted by atomic mass is 28.3. The Morgan fingerprint density at radius 1 is 0.923 bits per heavy atom. The first kappa shape index (κ1) is 28.6. The van der Waals surface area contributed by atoms with E-state index in [1.807, 2.05) is 78.9 Å². The molecule has 0 spiro atoms. The molecule has 0 amide bonds. The molecule has 3 aromatic carbocycles. The van der Waals surface area contributed by atoms with E-state index < -0.39 is 8.07 Å². The van der Waals surface area contributed by atoms with Crippen molar-refractivity contribution in [1.82, 2.24) is 0 Å². The minimum atomic E-state index is -1.79. The van der Waals surface area contributed by atoms with E-state index in [4.69, 9.17) is 23.7 Å². The lowest BCUT2D eigenvalue weighted by Gasteiger charge is -2.33. The van der Waals surface area contributed by atoms with Crippen LogP contribution in [0, 0.1) is 0 Å². The number of carbonyl (C=O) groups is 1. The van der Waals surface area contributed by atoms with Gasteiger partial charge in [0, 0.05) is 6.92 Å². The second-order valence-electron chi connectivity index (χ2n) is 10.7. The van der Waals surface area contributed by atoms with Crippen molar-refractivity contribution in [3.63, 3.8) is 0 Å². The molecule has 1 aliphatic rings. The van der Waals surface area contributed by atoms with Crippen LogP contribution in [0.4, 0.5) is 0 Å². The Balaban J connectivity index is 1.60. The maximum Gasteiger partial charge on any atom is 0.308 e. The molecule has 3 aromatic rings. The van der Waals surface area contributed by atoms with Crippen molar-refractivity contribution in [2.45, 2.75) is 58.4 Å². The number of benzene rings is 3. The molecular formula is C32H38O6Si. The van der Waals surface area contributed by atoms with Gasteiger partial charge < -0.3 is 23.7 Å². The second-order valence-corrected chi connectivity index (χ2v) is 15.7. The van der Waals surface area contributed by atoms with E-state index in [9.17, 15) is 4.79 Å². The van der Waals surface area contributed by atoms with Crippen LogP contribution in [0.5, 0.6) is 11.5 Å². The number of ether oxygens (including phenoxy) is 5. The largest absolute Gasteiger partial charge is 0.497 e. The van der Waals surface area contributed by atoms with Crippen molar-refractivity contribution in [2.24, 2.45) is 0 Å². The standard InChI is InChI=1S/C32H38O6Si/c1-23(33)37-29-19-32(39(3,4)5)30(34-2)18-26(29)27-16-17-28(36-21-25-14-10-7-11-15-25)31(38-27)22-35-20-24-12-8-6-9-13-24/h6-16,18-19,28,31H,17,20-22H2,1-5H3/t28-,31+/m0/s1. The Kier molecular flexibility index (Phi) is 9.62. The maximum atomic E-state index is 12.0. The van der Waals surface area contributed by atoms with Crippen LogP contribution in [-0.2, 0) is 32.2 Å². The number of hydrogen-bond acceptors (Lipinski definition) is 6. The van der Waals surface area contributed by atoms with Gasteiger partial charge in [-0.2, -0.15) is 0 Å². The number of esters is 1. The number of rotatable bonds is 11. The summed E-state index contributed by atoms with van der Waals surface area (Å²) in [5, 5.41) is 1.08. The Hall–Kier alpha value is -3.39. The molecule has 0 aromatic heterocycles. The van der Waals surface area contributed by atoms with Gasteiger partial charge in [-0.25, -0.2) is 0 Å². The quantitative estimate of drug-likeness (QED) is 0.165. The van der Waals surface area contributed by atoms with Gasteiger partial charge in [0.05, 0.1) is 40.6 Å². The first-order valence-corrected chi connectivity index (χ1v) is 16.8. The molecule has 4 rings (SSSR count). The lowest BCUT2D eigenvalue weighted by Crippen LogP contribution is -2.39. The Morgan fingerprint density at radius 3 is 2.15 bits per heavy atom. The van der Waals surface area contributed by atoms with Gasteiger partial charge in [0.15, 0.2) is 0 Å². The van der Waals surface area contributed by atoms with E-state index in [2.05, 4.69) is 19.6 Å². The zero-order valence-electron chi connectivity index (χ0n) is 23.4. The fourth-order valence-electron chi connectivity index (χ4n) is 4.54. The first-order chi connectivity index (χ1) is 18.7. The predicted molar refractivity (Wildman–Crippen MR) is 156 cm³/mol. The van der Waals surface area contributed by atoms with Crippen molar-refractivity contribution in [2.75, 3.05) is 13.7 Å². The Labute approximate surface area is 232 Å². The summed E-state index contributed by atoms with van der Waals surface area (Å²) in [4.78, 5) is 12.0. The molecule has 0 N–H and O–H groups in total. The van der Waals surface area contributed by atoms with Crippen molar-refractivity contribution < 1.29 is 28.5 Å². The van der Waals surface area contributed by atoms with Gasteiger partial charge in [-0.3, -0.25) is 4.79 Å². The summed E-state index contributed by atoms with van der Waals surface area (Å²) in [5.41, 5.74) is 2.87. The minimum Gasteiger partial charge on any atom is -0.497 e. The molecular weight excluding hydrogens is 508 g/mol. The molecule has 7 heteroatoms. The van der Waals surface area contributed by atoms with E-state index in [1.165, 1.54) is 6.92 Å². The van der Waals surface area contributed by atoms with Crippen LogP contribution < -0.4 is 14.7 Å². The van der Waals surface area contributed by atoms with Crippen molar-refractivity contribution in [3.8, 4) is 11.5 Å². The molecule has 6 nitrogen and oxygen atoms in total. The monoisotopic (exact) mass is 546 g/mol. The average molecular weight is 547 g/mol. The van der Waals surface area contributed by atoms with Crippen LogP contribution in [0.25, 0.3) is 5.76 Å². The average Bonchev–Trinajstić information content (AvgIpc) is 2.92. The first-order valence-electron chi connectivity index (χ1n) is 13.3. The molecule has 0 fully saturated rings. The van der Waals surface area contributed by atoms with Crippen LogP contribution >= 0.6 is 0 Å². The summed E-state index contributed by atoms with van der Waals surface area (Å²) in [7, 11) is -0.123. The highest BCUT2D eigenvalue weighted by molar-refractivity contribution is 6.89. The second kappa shape index (κ2) is 13.1. The summed E-state index contributed by atoms with van der Waals surface area (Å²) in [6.45, 7) is 9.39. The topological polar surface area (TPSA) is 63.2 Å². The van der Waals surface area contributed by atoms with Gasteiger partial charge in [0.1, 0.15) is 29.5 Å². The van der Waals surface area contributed by atoms with Crippen molar-refractivity contribution in [3.05, 3.63) is 95.6 Å². The molecule has 0 saturated heterocycles. The van der Waals surface area contributed by atoms with Crippen LogP contribution in [-0.4, -0.2) is 40.0 Å². The van der Waals surface area contributed by atoms with Crippen molar-refractivity contribution in [1.29, 1.82) is 0 Å². The van der Waals surface area contributed by atoms with Crippen molar-refractivity contribution >= 4 is 25.0 Å². The number of carbonyl (C=O) groups excluding carboxylic acids is 1. The van der Waals surface area contributed by atoms with Gasteiger partial charge in [-0.1, -0.05) is 80.3 Å². The maximum absolute atomic E-state index is 12.0. The predicted octanol–water partition coefficient (Wildman–Crippen LogP) is 6.10. The molecule has 1 heterocycles. The lowest BCUT2D eigenvalue weighted by molar-refractivity contribution is -0.131. The molecule has 0 radical (unpaired) electrons. The zero-order chi connectivity index (χ0) is 27.8. The van der Waals surface area contributed by atoms with E-state index in [-0.39, 0.29) is 18.2 Å². The molecule has 1 aliphatic heterocycles.